The number of hydrogen-bond acceptors (Lipinski definition) is 0. The highest BCUT2D eigenvalue weighted by atomic mass is 79.9. The Morgan fingerprint density at radius 1 is 1.55 bits per heavy atom. The lowest BCUT2D eigenvalue weighted by molar-refractivity contribution is 0.355. The molecule has 1 fully saturated rings. The van der Waals surface area contributed by atoms with E-state index in [9.17, 15) is 0 Å². The van der Waals surface area contributed by atoms with Crippen molar-refractivity contribution in [3.05, 3.63) is 0 Å². The SMILES string of the molecule is CC(Br)CC1CCC(C)(C)C1. The zero-order valence-electron chi connectivity index (χ0n) is 7.86. The van der Waals surface area contributed by atoms with Crippen LogP contribution < -0.4 is 0 Å². The average molecular weight is 219 g/mol. The number of rotatable bonds is 2. The van der Waals surface area contributed by atoms with Gasteiger partial charge in [0, 0.05) is 4.83 Å². The maximum absolute atomic E-state index is 3.62. The average Bonchev–Trinajstić information content (AvgIpc) is 2.08. The molecule has 0 aromatic carbocycles. The van der Waals surface area contributed by atoms with E-state index in [0.717, 1.165) is 5.92 Å². The van der Waals surface area contributed by atoms with Crippen molar-refractivity contribution >= 4 is 15.9 Å². The van der Waals surface area contributed by atoms with Crippen LogP contribution in [0.1, 0.15) is 46.5 Å². The van der Waals surface area contributed by atoms with E-state index in [4.69, 9.17) is 0 Å². The zero-order chi connectivity index (χ0) is 8.48. The van der Waals surface area contributed by atoms with Crippen molar-refractivity contribution in [2.75, 3.05) is 0 Å². The van der Waals surface area contributed by atoms with Gasteiger partial charge in [0.05, 0.1) is 0 Å². The van der Waals surface area contributed by atoms with E-state index in [1.807, 2.05) is 0 Å². The molecule has 0 N–H and O–H groups in total. The molecule has 1 saturated carbocycles. The first-order valence-corrected chi connectivity index (χ1v) is 5.55. The van der Waals surface area contributed by atoms with Crippen LogP contribution in [0, 0.1) is 11.3 Å². The van der Waals surface area contributed by atoms with Crippen LogP contribution in [0.15, 0.2) is 0 Å². The summed E-state index contributed by atoms with van der Waals surface area (Å²) in [6, 6.07) is 0. The summed E-state index contributed by atoms with van der Waals surface area (Å²) in [5.74, 6) is 0.986. The Morgan fingerprint density at radius 3 is 2.55 bits per heavy atom. The van der Waals surface area contributed by atoms with Gasteiger partial charge in [-0.3, -0.25) is 0 Å². The number of halogens is 1. The van der Waals surface area contributed by atoms with Gasteiger partial charge in [-0.15, -0.1) is 0 Å². The normalized spacial score (nSPS) is 32.2. The van der Waals surface area contributed by atoms with Gasteiger partial charge >= 0.3 is 0 Å². The van der Waals surface area contributed by atoms with Gasteiger partial charge in [-0.05, 0) is 37.0 Å². The largest absolute Gasteiger partial charge is 0.0894 e. The highest BCUT2D eigenvalue weighted by molar-refractivity contribution is 9.09. The summed E-state index contributed by atoms with van der Waals surface area (Å²) in [6.07, 6.45) is 5.67. The Kier molecular flexibility index (Phi) is 3.02. The third kappa shape index (κ3) is 3.14. The minimum absolute atomic E-state index is 0.632. The predicted molar refractivity (Wildman–Crippen MR) is 54.1 cm³/mol. The topological polar surface area (TPSA) is 0 Å². The minimum Gasteiger partial charge on any atom is -0.0894 e. The highest BCUT2D eigenvalue weighted by Crippen LogP contribution is 2.43. The monoisotopic (exact) mass is 218 g/mol. The zero-order valence-corrected chi connectivity index (χ0v) is 9.45. The Labute approximate surface area is 78.9 Å². The van der Waals surface area contributed by atoms with E-state index in [1.165, 1.54) is 25.7 Å². The molecule has 11 heavy (non-hydrogen) atoms. The molecule has 0 saturated heterocycles. The fourth-order valence-corrected chi connectivity index (χ4v) is 2.77. The number of alkyl halides is 1. The summed E-state index contributed by atoms with van der Waals surface area (Å²) in [4.78, 5) is 0.710. The third-order valence-corrected chi connectivity index (χ3v) is 3.10. The molecule has 0 aliphatic heterocycles. The first-order chi connectivity index (χ1) is 4.99. The smallest absolute Gasteiger partial charge is 0.0120 e. The van der Waals surface area contributed by atoms with Crippen molar-refractivity contribution in [3.8, 4) is 0 Å². The molecule has 2 unspecified atom stereocenters. The van der Waals surface area contributed by atoms with Gasteiger partial charge in [0.25, 0.3) is 0 Å². The second-order valence-corrected chi connectivity index (χ2v) is 6.35. The molecule has 0 aromatic heterocycles. The predicted octanol–water partition coefficient (Wildman–Crippen LogP) is 3.99. The molecule has 2 atom stereocenters. The standard InChI is InChI=1S/C10H19Br/c1-8(11)6-9-4-5-10(2,3)7-9/h8-9H,4-7H2,1-3H3. The lowest BCUT2D eigenvalue weighted by Gasteiger charge is -2.17. The van der Waals surface area contributed by atoms with Crippen LogP contribution in [0.2, 0.25) is 0 Å². The molecule has 0 bridgehead atoms. The van der Waals surface area contributed by atoms with Crippen LogP contribution in [-0.4, -0.2) is 4.83 Å². The van der Waals surface area contributed by atoms with Gasteiger partial charge < -0.3 is 0 Å². The fourth-order valence-electron chi connectivity index (χ4n) is 2.24. The van der Waals surface area contributed by atoms with Gasteiger partial charge in [0.2, 0.25) is 0 Å². The third-order valence-electron chi connectivity index (χ3n) is 2.73. The molecule has 1 aliphatic rings. The van der Waals surface area contributed by atoms with Crippen LogP contribution >= 0.6 is 15.9 Å². The van der Waals surface area contributed by atoms with Gasteiger partial charge in [0.15, 0.2) is 0 Å². The molecule has 0 aromatic rings. The molecule has 0 heterocycles. The Balaban J connectivity index is 2.31. The Morgan fingerprint density at radius 2 is 2.18 bits per heavy atom. The molecule has 0 amide bonds. The van der Waals surface area contributed by atoms with E-state index >= 15 is 0 Å². The van der Waals surface area contributed by atoms with Crippen LogP contribution in [0.4, 0.5) is 0 Å². The number of hydrogen-bond donors (Lipinski definition) is 0. The van der Waals surface area contributed by atoms with Gasteiger partial charge in [-0.1, -0.05) is 36.7 Å². The fraction of sp³-hybridized carbons (Fsp3) is 1.00. The maximum atomic E-state index is 3.62. The molecular formula is C10H19Br. The van der Waals surface area contributed by atoms with E-state index < -0.39 is 0 Å². The lowest BCUT2D eigenvalue weighted by Crippen LogP contribution is -2.07. The summed E-state index contributed by atoms with van der Waals surface area (Å²) in [5, 5.41) is 0. The van der Waals surface area contributed by atoms with Crippen molar-refractivity contribution < 1.29 is 0 Å². The lowest BCUT2D eigenvalue weighted by atomic mass is 9.90. The first kappa shape index (κ1) is 9.57. The summed E-state index contributed by atoms with van der Waals surface area (Å²) in [6.45, 7) is 7.04. The van der Waals surface area contributed by atoms with E-state index in [1.54, 1.807) is 0 Å². The second-order valence-electron chi connectivity index (χ2n) is 4.79. The molecule has 1 rings (SSSR count). The van der Waals surface area contributed by atoms with Crippen LogP contribution in [0.25, 0.3) is 0 Å². The Hall–Kier alpha value is 0.480. The maximum Gasteiger partial charge on any atom is 0.0120 e. The van der Waals surface area contributed by atoms with Crippen molar-refractivity contribution in [2.45, 2.75) is 51.3 Å². The summed E-state index contributed by atoms with van der Waals surface area (Å²) in [7, 11) is 0. The van der Waals surface area contributed by atoms with Crippen LogP contribution in [0.3, 0.4) is 0 Å². The molecule has 0 radical (unpaired) electrons. The van der Waals surface area contributed by atoms with Crippen LogP contribution in [-0.2, 0) is 0 Å². The van der Waals surface area contributed by atoms with E-state index in [2.05, 4.69) is 36.7 Å². The first-order valence-electron chi connectivity index (χ1n) is 4.64. The molecule has 0 nitrogen and oxygen atoms in total. The van der Waals surface area contributed by atoms with Crippen LogP contribution in [0.5, 0.6) is 0 Å². The van der Waals surface area contributed by atoms with Gasteiger partial charge in [-0.25, -0.2) is 0 Å². The van der Waals surface area contributed by atoms with Crippen molar-refractivity contribution in [3.63, 3.8) is 0 Å². The van der Waals surface area contributed by atoms with E-state index in [0.29, 0.717) is 10.2 Å². The molecule has 0 spiro atoms. The van der Waals surface area contributed by atoms with E-state index in [-0.39, 0.29) is 0 Å². The van der Waals surface area contributed by atoms with Crippen molar-refractivity contribution in [2.24, 2.45) is 11.3 Å². The van der Waals surface area contributed by atoms with Gasteiger partial charge in [0.1, 0.15) is 0 Å². The molecule has 1 aliphatic carbocycles. The summed E-state index contributed by atoms with van der Waals surface area (Å²) in [5.41, 5.74) is 0.632. The molecular weight excluding hydrogens is 200 g/mol. The summed E-state index contributed by atoms with van der Waals surface area (Å²) >= 11 is 3.62. The second kappa shape index (κ2) is 3.47. The highest BCUT2D eigenvalue weighted by Gasteiger charge is 2.30. The summed E-state index contributed by atoms with van der Waals surface area (Å²) < 4.78 is 0. The molecule has 66 valence electrons. The van der Waals surface area contributed by atoms with Crippen molar-refractivity contribution in [1.29, 1.82) is 0 Å². The Bertz CT molecular complexity index is 127. The molecule has 1 heteroatoms. The van der Waals surface area contributed by atoms with Crippen molar-refractivity contribution in [1.82, 2.24) is 0 Å². The minimum atomic E-state index is 0.632. The van der Waals surface area contributed by atoms with Gasteiger partial charge in [-0.2, -0.15) is 0 Å². The quantitative estimate of drug-likeness (QED) is 0.616.